The molecule has 0 unspecified atom stereocenters. The highest BCUT2D eigenvalue weighted by Crippen LogP contribution is 2.22. The Hall–Kier alpha value is -2.87. The molecule has 3 N–H and O–H groups in total. The van der Waals surface area contributed by atoms with Crippen LogP contribution in [0.5, 0.6) is 0 Å². The van der Waals surface area contributed by atoms with Crippen LogP contribution in [0.25, 0.3) is 0 Å². The summed E-state index contributed by atoms with van der Waals surface area (Å²) in [4.78, 5) is 39.1. The first-order chi connectivity index (χ1) is 14.0. The Morgan fingerprint density at radius 1 is 1.28 bits per heavy atom. The maximum absolute atomic E-state index is 12.7. The van der Waals surface area contributed by atoms with Gasteiger partial charge in [0.15, 0.2) is 0 Å². The van der Waals surface area contributed by atoms with E-state index in [1.807, 2.05) is 30.3 Å². The zero-order valence-electron chi connectivity index (χ0n) is 16.9. The maximum atomic E-state index is 12.7. The average molecular weight is 400 g/mol. The SMILES string of the molecule is CCOC(=O)C1=C(CN2CCC[C@@H](C(=O)Nc3ccccc3)C2)NC(=O)N[C@H]1C. The van der Waals surface area contributed by atoms with Crippen LogP contribution < -0.4 is 16.0 Å². The van der Waals surface area contributed by atoms with Crippen LogP contribution in [-0.4, -0.2) is 55.1 Å². The van der Waals surface area contributed by atoms with Gasteiger partial charge in [0.2, 0.25) is 5.91 Å². The first-order valence-corrected chi connectivity index (χ1v) is 10.0. The largest absolute Gasteiger partial charge is 0.463 e. The summed E-state index contributed by atoms with van der Waals surface area (Å²) in [7, 11) is 0. The van der Waals surface area contributed by atoms with Gasteiger partial charge >= 0.3 is 12.0 Å². The van der Waals surface area contributed by atoms with Crippen LogP contribution in [0.3, 0.4) is 0 Å². The number of nitrogens with zero attached hydrogens (tertiary/aromatic N) is 1. The van der Waals surface area contributed by atoms with E-state index in [2.05, 4.69) is 20.9 Å². The van der Waals surface area contributed by atoms with Crippen molar-refractivity contribution in [2.45, 2.75) is 32.7 Å². The van der Waals surface area contributed by atoms with Gasteiger partial charge in [-0.1, -0.05) is 18.2 Å². The molecule has 0 aromatic heterocycles. The number of esters is 1. The molecule has 1 saturated heterocycles. The third-order valence-electron chi connectivity index (χ3n) is 5.16. The minimum Gasteiger partial charge on any atom is -0.463 e. The lowest BCUT2D eigenvalue weighted by Gasteiger charge is -2.35. The third-order valence-corrected chi connectivity index (χ3v) is 5.16. The van der Waals surface area contributed by atoms with Gasteiger partial charge < -0.3 is 20.7 Å². The topological polar surface area (TPSA) is 99.8 Å². The van der Waals surface area contributed by atoms with E-state index in [9.17, 15) is 14.4 Å². The number of hydrogen-bond donors (Lipinski definition) is 3. The summed E-state index contributed by atoms with van der Waals surface area (Å²) in [5, 5.41) is 8.41. The molecule has 8 nitrogen and oxygen atoms in total. The van der Waals surface area contributed by atoms with Gasteiger partial charge in [0.25, 0.3) is 0 Å². The zero-order chi connectivity index (χ0) is 20.8. The number of ether oxygens (including phenoxy) is 1. The van der Waals surface area contributed by atoms with Crippen molar-refractivity contribution in [2.75, 3.05) is 31.6 Å². The van der Waals surface area contributed by atoms with Gasteiger partial charge in [-0.3, -0.25) is 9.69 Å². The third kappa shape index (κ3) is 5.35. The number of nitrogens with one attached hydrogen (secondary N) is 3. The number of amides is 3. The van der Waals surface area contributed by atoms with Crippen LogP contribution in [0.4, 0.5) is 10.5 Å². The Kier molecular flexibility index (Phi) is 6.87. The number of urea groups is 1. The van der Waals surface area contributed by atoms with Gasteiger partial charge in [-0.15, -0.1) is 0 Å². The molecular formula is C21H28N4O4. The van der Waals surface area contributed by atoms with E-state index in [1.54, 1.807) is 13.8 Å². The van der Waals surface area contributed by atoms with Crippen molar-refractivity contribution in [2.24, 2.45) is 5.92 Å². The fourth-order valence-corrected chi connectivity index (χ4v) is 3.81. The average Bonchev–Trinajstić information content (AvgIpc) is 2.68. The smallest absolute Gasteiger partial charge is 0.337 e. The summed E-state index contributed by atoms with van der Waals surface area (Å²) in [6.45, 7) is 5.53. The molecule has 1 aromatic rings. The zero-order valence-corrected chi connectivity index (χ0v) is 16.9. The molecule has 2 aliphatic rings. The summed E-state index contributed by atoms with van der Waals surface area (Å²) < 4.78 is 5.16. The number of rotatable bonds is 6. The fraction of sp³-hybridized carbons (Fsp3) is 0.476. The van der Waals surface area contributed by atoms with Crippen LogP contribution in [0, 0.1) is 5.92 Å². The predicted octanol–water partition coefficient (Wildman–Crippen LogP) is 1.86. The highest BCUT2D eigenvalue weighted by molar-refractivity contribution is 5.95. The van der Waals surface area contributed by atoms with Crippen molar-refractivity contribution in [1.82, 2.24) is 15.5 Å². The molecule has 3 rings (SSSR count). The van der Waals surface area contributed by atoms with Gasteiger partial charge in [-0.25, -0.2) is 9.59 Å². The van der Waals surface area contributed by atoms with E-state index < -0.39 is 12.0 Å². The fourth-order valence-electron chi connectivity index (χ4n) is 3.81. The normalized spacial score (nSPS) is 22.5. The molecule has 0 saturated carbocycles. The first kappa shape index (κ1) is 20.9. The van der Waals surface area contributed by atoms with E-state index in [4.69, 9.17) is 4.74 Å². The van der Waals surface area contributed by atoms with E-state index in [0.717, 1.165) is 25.1 Å². The number of carbonyl (C=O) groups excluding carboxylic acids is 3. The highest BCUT2D eigenvalue weighted by atomic mass is 16.5. The Balaban J connectivity index is 1.69. The van der Waals surface area contributed by atoms with Crippen LogP contribution in [0.15, 0.2) is 41.6 Å². The molecule has 1 fully saturated rings. The molecule has 8 heteroatoms. The van der Waals surface area contributed by atoms with Gasteiger partial charge in [0.1, 0.15) is 0 Å². The van der Waals surface area contributed by atoms with Crippen molar-refractivity contribution in [3.05, 3.63) is 41.6 Å². The number of anilines is 1. The second-order valence-corrected chi connectivity index (χ2v) is 7.36. The van der Waals surface area contributed by atoms with Crippen molar-refractivity contribution in [3.8, 4) is 0 Å². The lowest BCUT2D eigenvalue weighted by Crippen LogP contribution is -2.52. The summed E-state index contributed by atoms with van der Waals surface area (Å²) in [5.74, 6) is -0.591. The van der Waals surface area contributed by atoms with Gasteiger partial charge in [0.05, 0.1) is 24.1 Å². The molecule has 2 atom stereocenters. The molecule has 1 aromatic carbocycles. The Morgan fingerprint density at radius 2 is 2.03 bits per heavy atom. The van der Waals surface area contributed by atoms with Crippen LogP contribution in [0.2, 0.25) is 0 Å². The monoisotopic (exact) mass is 400 g/mol. The first-order valence-electron chi connectivity index (χ1n) is 10.0. The summed E-state index contributed by atoms with van der Waals surface area (Å²) in [6, 6.07) is 8.62. The quantitative estimate of drug-likeness (QED) is 0.633. The van der Waals surface area contributed by atoms with Crippen LogP contribution in [0.1, 0.15) is 26.7 Å². The second-order valence-electron chi connectivity index (χ2n) is 7.36. The maximum Gasteiger partial charge on any atom is 0.337 e. The Labute approximate surface area is 170 Å². The lowest BCUT2D eigenvalue weighted by molar-refractivity contribution is -0.139. The number of likely N-dealkylation sites (tertiary alicyclic amines) is 1. The molecule has 29 heavy (non-hydrogen) atoms. The Morgan fingerprint density at radius 3 is 2.76 bits per heavy atom. The minimum absolute atomic E-state index is 0.0109. The van der Waals surface area contributed by atoms with E-state index in [-0.39, 0.29) is 24.5 Å². The van der Waals surface area contributed by atoms with E-state index in [0.29, 0.717) is 24.4 Å². The Bertz CT molecular complexity index is 793. The second kappa shape index (κ2) is 9.56. The van der Waals surface area contributed by atoms with Gasteiger partial charge in [0, 0.05) is 24.5 Å². The minimum atomic E-state index is -0.433. The summed E-state index contributed by atoms with van der Waals surface area (Å²) in [6.07, 6.45) is 1.68. The number of piperidine rings is 1. The standard InChI is InChI=1S/C21H28N4O4/c1-3-29-20(27)18-14(2)22-21(28)24-17(18)13-25-11-7-8-15(12-25)19(26)23-16-9-5-4-6-10-16/h4-6,9-10,14-15H,3,7-8,11-13H2,1-2H3,(H,23,26)(H2,22,24,28)/t14-,15+/m0/s1. The predicted molar refractivity (Wildman–Crippen MR) is 109 cm³/mol. The van der Waals surface area contributed by atoms with Crippen LogP contribution in [-0.2, 0) is 14.3 Å². The van der Waals surface area contributed by atoms with Crippen molar-refractivity contribution >= 4 is 23.6 Å². The van der Waals surface area contributed by atoms with Gasteiger partial charge in [-0.05, 0) is 45.4 Å². The summed E-state index contributed by atoms with van der Waals surface area (Å²) in [5.41, 5.74) is 1.76. The van der Waals surface area contributed by atoms with Crippen molar-refractivity contribution in [1.29, 1.82) is 0 Å². The molecule has 156 valence electrons. The van der Waals surface area contributed by atoms with Crippen molar-refractivity contribution < 1.29 is 19.1 Å². The number of hydrogen-bond acceptors (Lipinski definition) is 5. The molecule has 0 radical (unpaired) electrons. The van der Waals surface area contributed by atoms with E-state index >= 15 is 0 Å². The lowest BCUT2D eigenvalue weighted by atomic mass is 9.96. The molecule has 2 aliphatic heterocycles. The van der Waals surface area contributed by atoms with E-state index in [1.165, 1.54) is 0 Å². The number of carbonyl (C=O) groups is 3. The molecule has 2 heterocycles. The number of para-hydroxylation sites is 1. The molecular weight excluding hydrogens is 372 g/mol. The highest BCUT2D eigenvalue weighted by Gasteiger charge is 2.32. The molecule has 0 bridgehead atoms. The van der Waals surface area contributed by atoms with Gasteiger partial charge in [-0.2, -0.15) is 0 Å². The molecule has 3 amide bonds. The van der Waals surface area contributed by atoms with Crippen LogP contribution >= 0.6 is 0 Å². The summed E-state index contributed by atoms with van der Waals surface area (Å²) >= 11 is 0. The van der Waals surface area contributed by atoms with Crippen molar-refractivity contribution in [3.63, 3.8) is 0 Å². The number of benzene rings is 1. The molecule has 0 spiro atoms. The molecule has 0 aliphatic carbocycles.